The molecule has 0 radical (unpaired) electrons. The van der Waals surface area contributed by atoms with E-state index in [1.54, 1.807) is 14.2 Å². The van der Waals surface area contributed by atoms with Crippen LogP contribution in [0, 0.1) is 0 Å². The van der Waals surface area contributed by atoms with Gasteiger partial charge in [-0.3, -0.25) is 0 Å². The van der Waals surface area contributed by atoms with Crippen molar-refractivity contribution in [3.63, 3.8) is 0 Å². The quantitative estimate of drug-likeness (QED) is 0.603. The van der Waals surface area contributed by atoms with Gasteiger partial charge in [-0.1, -0.05) is 6.92 Å². The average Bonchev–Trinajstić information content (AvgIpc) is 2.20. The van der Waals surface area contributed by atoms with Crippen LogP contribution >= 0.6 is 0 Å². The summed E-state index contributed by atoms with van der Waals surface area (Å²) in [5.41, 5.74) is 5.43. The Labute approximate surface area is 81.7 Å². The monoisotopic (exact) mass is 207 g/mol. The Hall–Kier alpha value is 0.0569. The predicted molar refractivity (Wildman–Crippen MR) is 54.5 cm³/mol. The van der Waals surface area contributed by atoms with Crippen molar-refractivity contribution in [3.05, 3.63) is 0 Å². The molecule has 4 nitrogen and oxygen atoms in total. The van der Waals surface area contributed by atoms with E-state index in [9.17, 15) is 0 Å². The van der Waals surface area contributed by atoms with Gasteiger partial charge in [0.1, 0.15) is 0 Å². The fourth-order valence-electron chi connectivity index (χ4n) is 1.05. The molecule has 2 N–H and O–H groups in total. The van der Waals surface area contributed by atoms with Crippen LogP contribution in [0.2, 0.25) is 6.04 Å². The summed E-state index contributed by atoms with van der Waals surface area (Å²) in [6, 6.07) is 0.802. The molecule has 0 heterocycles. The highest BCUT2D eigenvalue weighted by Gasteiger charge is 2.37. The van der Waals surface area contributed by atoms with Gasteiger partial charge in [-0.05, 0) is 19.4 Å². The van der Waals surface area contributed by atoms with Gasteiger partial charge in [0.15, 0.2) is 0 Å². The van der Waals surface area contributed by atoms with Crippen LogP contribution < -0.4 is 5.73 Å². The molecule has 0 aromatic carbocycles. The van der Waals surface area contributed by atoms with Crippen LogP contribution in [0.15, 0.2) is 0 Å². The van der Waals surface area contributed by atoms with E-state index >= 15 is 0 Å². The molecule has 0 spiro atoms. The minimum atomic E-state index is -2.37. The lowest BCUT2D eigenvalue weighted by molar-refractivity contribution is 0.0979. The maximum Gasteiger partial charge on any atom is 0.500 e. The Morgan fingerprint density at radius 2 is 1.85 bits per heavy atom. The summed E-state index contributed by atoms with van der Waals surface area (Å²) in [6.07, 6.45) is 1.86. The number of hydrogen-bond acceptors (Lipinski definition) is 4. The molecular formula is C8H21NO3Si. The van der Waals surface area contributed by atoms with Crippen LogP contribution in [0.5, 0.6) is 0 Å². The van der Waals surface area contributed by atoms with Gasteiger partial charge in [0.2, 0.25) is 0 Å². The van der Waals surface area contributed by atoms with Crippen LogP contribution in [0.1, 0.15) is 19.8 Å². The third kappa shape index (κ3) is 4.73. The highest BCUT2D eigenvalue weighted by molar-refractivity contribution is 6.60. The van der Waals surface area contributed by atoms with Crippen LogP contribution in [0.3, 0.4) is 0 Å². The third-order valence-corrected chi connectivity index (χ3v) is 4.69. The van der Waals surface area contributed by atoms with E-state index in [0.29, 0.717) is 13.2 Å². The topological polar surface area (TPSA) is 53.7 Å². The van der Waals surface area contributed by atoms with Crippen molar-refractivity contribution in [2.24, 2.45) is 5.73 Å². The summed E-state index contributed by atoms with van der Waals surface area (Å²) in [6.45, 7) is 3.41. The van der Waals surface area contributed by atoms with Gasteiger partial charge in [0.05, 0.1) is 0 Å². The maximum atomic E-state index is 5.62. The molecule has 0 fully saturated rings. The van der Waals surface area contributed by atoms with Crippen LogP contribution in [-0.2, 0) is 13.3 Å². The highest BCUT2D eigenvalue weighted by Crippen LogP contribution is 2.15. The van der Waals surface area contributed by atoms with Crippen LogP contribution in [-0.4, -0.2) is 36.2 Å². The van der Waals surface area contributed by atoms with E-state index in [2.05, 4.69) is 6.92 Å². The van der Waals surface area contributed by atoms with E-state index in [4.69, 9.17) is 19.0 Å². The average molecular weight is 207 g/mol. The summed E-state index contributed by atoms with van der Waals surface area (Å²) < 4.78 is 16.3. The molecule has 0 aliphatic heterocycles. The largest absolute Gasteiger partial charge is 0.500 e. The number of rotatable bonds is 8. The second-order valence-corrected chi connectivity index (χ2v) is 5.80. The van der Waals surface area contributed by atoms with E-state index in [0.717, 1.165) is 18.9 Å². The van der Waals surface area contributed by atoms with E-state index in [1.807, 2.05) is 0 Å². The van der Waals surface area contributed by atoms with Crippen LogP contribution in [0.4, 0.5) is 0 Å². The van der Waals surface area contributed by atoms with Crippen molar-refractivity contribution in [1.29, 1.82) is 0 Å². The van der Waals surface area contributed by atoms with Crippen molar-refractivity contribution in [2.75, 3.05) is 27.4 Å². The summed E-state index contributed by atoms with van der Waals surface area (Å²) >= 11 is 0. The lowest BCUT2D eigenvalue weighted by Gasteiger charge is -2.25. The molecule has 0 saturated carbocycles. The Kier molecular flexibility index (Phi) is 7.49. The molecule has 0 rings (SSSR count). The van der Waals surface area contributed by atoms with Gasteiger partial charge < -0.3 is 19.0 Å². The second-order valence-electron chi connectivity index (χ2n) is 2.83. The normalized spacial score (nSPS) is 12.0. The van der Waals surface area contributed by atoms with Gasteiger partial charge in [0.25, 0.3) is 0 Å². The molecule has 80 valence electrons. The molecule has 0 unspecified atom stereocenters. The van der Waals surface area contributed by atoms with Crippen molar-refractivity contribution in [2.45, 2.75) is 25.8 Å². The minimum Gasteiger partial charge on any atom is -0.377 e. The summed E-state index contributed by atoms with van der Waals surface area (Å²) in [5, 5.41) is 0. The molecule has 0 bridgehead atoms. The Morgan fingerprint density at radius 3 is 2.23 bits per heavy atom. The lowest BCUT2D eigenvalue weighted by atomic mass is 10.5. The Balaban J connectivity index is 3.97. The number of hydrogen-bond donors (Lipinski definition) is 1. The summed E-state index contributed by atoms with van der Waals surface area (Å²) in [5.74, 6) is 0. The Morgan fingerprint density at radius 1 is 1.23 bits per heavy atom. The Bertz CT molecular complexity index is 110. The molecule has 13 heavy (non-hydrogen) atoms. The number of nitrogens with two attached hydrogens (primary N) is 1. The van der Waals surface area contributed by atoms with Crippen molar-refractivity contribution in [3.8, 4) is 0 Å². The summed E-state index contributed by atoms with van der Waals surface area (Å²) in [4.78, 5) is 0. The highest BCUT2D eigenvalue weighted by atomic mass is 28.4. The molecule has 0 aromatic rings. The fourth-order valence-corrected chi connectivity index (χ4v) is 3.16. The first-order chi connectivity index (χ1) is 6.24. The first-order valence-corrected chi connectivity index (χ1v) is 6.62. The summed E-state index contributed by atoms with van der Waals surface area (Å²) in [7, 11) is 0.916. The molecule has 0 atom stereocenters. The van der Waals surface area contributed by atoms with E-state index < -0.39 is 8.80 Å². The van der Waals surface area contributed by atoms with Gasteiger partial charge in [-0.2, -0.15) is 0 Å². The zero-order chi connectivity index (χ0) is 10.2. The molecule has 0 aromatic heterocycles. The molecule has 0 aliphatic rings. The molecular weight excluding hydrogens is 186 g/mol. The molecule has 0 aliphatic carbocycles. The van der Waals surface area contributed by atoms with Crippen LogP contribution in [0.25, 0.3) is 0 Å². The molecule has 0 amide bonds. The zero-order valence-corrected chi connectivity index (χ0v) is 9.84. The second kappa shape index (κ2) is 7.46. The third-order valence-electron chi connectivity index (χ3n) is 1.84. The van der Waals surface area contributed by atoms with E-state index in [1.165, 1.54) is 0 Å². The van der Waals surface area contributed by atoms with Gasteiger partial charge in [0, 0.05) is 26.9 Å². The van der Waals surface area contributed by atoms with Crippen molar-refractivity contribution < 1.29 is 13.3 Å². The fraction of sp³-hybridized carbons (Fsp3) is 1.00. The maximum absolute atomic E-state index is 5.62. The van der Waals surface area contributed by atoms with Crippen molar-refractivity contribution >= 4 is 8.80 Å². The molecule has 5 heteroatoms. The van der Waals surface area contributed by atoms with E-state index in [-0.39, 0.29) is 0 Å². The lowest BCUT2D eigenvalue weighted by Crippen LogP contribution is -2.44. The first-order valence-electron chi connectivity index (χ1n) is 4.69. The smallest absolute Gasteiger partial charge is 0.377 e. The van der Waals surface area contributed by atoms with Gasteiger partial charge in [-0.15, -0.1) is 0 Å². The van der Waals surface area contributed by atoms with Crippen molar-refractivity contribution in [1.82, 2.24) is 0 Å². The predicted octanol–water partition coefficient (Wildman–Crippen LogP) is 0.993. The molecule has 0 saturated heterocycles. The van der Waals surface area contributed by atoms with Gasteiger partial charge >= 0.3 is 8.80 Å². The van der Waals surface area contributed by atoms with Gasteiger partial charge in [-0.25, -0.2) is 0 Å². The minimum absolute atomic E-state index is 0.650. The standard InChI is InChI=1S/C8H21NO3Si/c1-4-7-12-13(10-2,11-3)8-5-6-9/h4-9H2,1-3H3. The zero-order valence-electron chi connectivity index (χ0n) is 8.84. The SMILES string of the molecule is CCCO[Si](CCCN)(OC)OC. The first kappa shape index (κ1) is 13.1.